The molecule has 1 aromatic heterocycles. The molecule has 0 fully saturated rings. The number of H-pyrrole nitrogens is 1. The van der Waals surface area contributed by atoms with Gasteiger partial charge in [0.1, 0.15) is 5.69 Å². The summed E-state index contributed by atoms with van der Waals surface area (Å²) < 4.78 is 0. The van der Waals surface area contributed by atoms with Gasteiger partial charge < -0.3 is 10.6 Å². The summed E-state index contributed by atoms with van der Waals surface area (Å²) in [4.78, 5) is 11.3. The lowest BCUT2D eigenvalue weighted by Gasteiger charge is -2.05. The van der Waals surface area contributed by atoms with Gasteiger partial charge in [-0.05, 0) is 24.6 Å². The largest absolute Gasteiger partial charge is 0.385 e. The molecule has 92 valence electrons. The van der Waals surface area contributed by atoms with Crippen LogP contribution in [0.3, 0.4) is 0 Å². The van der Waals surface area contributed by atoms with Crippen molar-refractivity contribution >= 4 is 17.3 Å². The Bertz CT molecular complexity index is 630. The maximum absolute atomic E-state index is 11.3. The molecule has 0 atom stereocenters. The van der Waals surface area contributed by atoms with Gasteiger partial charge in [-0.2, -0.15) is 5.10 Å². The highest BCUT2D eigenvalue weighted by molar-refractivity contribution is 5.99. The Morgan fingerprint density at radius 1 is 1.39 bits per heavy atom. The number of aromatic amines is 1. The second kappa shape index (κ2) is 3.87. The van der Waals surface area contributed by atoms with Gasteiger partial charge in [0, 0.05) is 18.3 Å². The monoisotopic (exact) mass is 242 g/mol. The smallest absolute Gasteiger partial charge is 0.228 e. The van der Waals surface area contributed by atoms with Crippen LogP contribution in [-0.4, -0.2) is 23.2 Å². The molecule has 0 unspecified atom stereocenters. The molecule has 0 spiro atoms. The van der Waals surface area contributed by atoms with E-state index in [1.807, 2.05) is 32.2 Å². The van der Waals surface area contributed by atoms with Crippen LogP contribution in [0, 0.1) is 6.92 Å². The van der Waals surface area contributed by atoms with Crippen LogP contribution in [-0.2, 0) is 11.2 Å². The first-order valence-electron chi connectivity index (χ1n) is 5.85. The molecule has 18 heavy (non-hydrogen) atoms. The number of hydrogen-bond acceptors (Lipinski definition) is 3. The van der Waals surface area contributed by atoms with Gasteiger partial charge >= 0.3 is 0 Å². The van der Waals surface area contributed by atoms with Crippen LogP contribution in [0.5, 0.6) is 0 Å². The fourth-order valence-electron chi connectivity index (χ4n) is 2.32. The SMILES string of the molecule is CNc1c(-c2ccc3c(c2)CC(=O)N3)n[nH]c1C. The lowest BCUT2D eigenvalue weighted by molar-refractivity contribution is -0.115. The van der Waals surface area contributed by atoms with E-state index in [0.717, 1.165) is 33.9 Å². The van der Waals surface area contributed by atoms with Crippen LogP contribution in [0.1, 0.15) is 11.3 Å². The van der Waals surface area contributed by atoms with Crippen LogP contribution in [0.2, 0.25) is 0 Å². The van der Waals surface area contributed by atoms with Crippen molar-refractivity contribution in [3.05, 3.63) is 29.5 Å². The number of aryl methyl sites for hydroxylation is 1. The highest BCUT2D eigenvalue weighted by Gasteiger charge is 2.19. The van der Waals surface area contributed by atoms with E-state index in [9.17, 15) is 4.79 Å². The van der Waals surface area contributed by atoms with E-state index >= 15 is 0 Å². The summed E-state index contributed by atoms with van der Waals surface area (Å²) in [7, 11) is 1.87. The molecule has 0 saturated heterocycles. The highest BCUT2D eigenvalue weighted by Crippen LogP contribution is 2.32. The summed E-state index contributed by atoms with van der Waals surface area (Å²) in [6.07, 6.45) is 0.446. The molecule has 0 radical (unpaired) electrons. The van der Waals surface area contributed by atoms with Crippen molar-refractivity contribution in [1.82, 2.24) is 10.2 Å². The fraction of sp³-hybridized carbons (Fsp3) is 0.231. The average Bonchev–Trinajstić information content (AvgIpc) is 2.89. The van der Waals surface area contributed by atoms with Gasteiger partial charge in [-0.3, -0.25) is 9.89 Å². The predicted molar refractivity (Wildman–Crippen MR) is 70.6 cm³/mol. The Morgan fingerprint density at radius 2 is 2.22 bits per heavy atom. The quantitative estimate of drug-likeness (QED) is 0.753. The Hall–Kier alpha value is -2.30. The molecule has 2 heterocycles. The van der Waals surface area contributed by atoms with Gasteiger partial charge in [-0.1, -0.05) is 6.07 Å². The summed E-state index contributed by atoms with van der Waals surface area (Å²) in [5.74, 6) is 0.0502. The maximum Gasteiger partial charge on any atom is 0.228 e. The van der Waals surface area contributed by atoms with E-state index in [1.165, 1.54) is 0 Å². The first-order chi connectivity index (χ1) is 8.69. The highest BCUT2D eigenvalue weighted by atomic mass is 16.1. The maximum atomic E-state index is 11.3. The molecule has 1 aliphatic heterocycles. The van der Waals surface area contributed by atoms with Crippen molar-refractivity contribution in [1.29, 1.82) is 0 Å². The van der Waals surface area contributed by atoms with Crippen LogP contribution in [0.25, 0.3) is 11.3 Å². The zero-order valence-corrected chi connectivity index (χ0v) is 10.3. The summed E-state index contributed by atoms with van der Waals surface area (Å²) in [6.45, 7) is 1.97. The molecule has 1 amide bonds. The third kappa shape index (κ3) is 1.55. The molecule has 5 heteroatoms. The number of amides is 1. The standard InChI is InChI=1S/C13H14N4O/c1-7-12(14-2)13(17-16-7)8-3-4-10-9(5-8)6-11(18)15-10/h3-5,14H,6H2,1-2H3,(H,15,18)(H,16,17). The second-order valence-corrected chi connectivity index (χ2v) is 4.42. The number of nitrogens with one attached hydrogen (secondary N) is 3. The minimum absolute atomic E-state index is 0.0502. The number of anilines is 2. The zero-order valence-electron chi connectivity index (χ0n) is 10.3. The number of fused-ring (bicyclic) bond motifs is 1. The van der Waals surface area contributed by atoms with Gasteiger partial charge in [0.25, 0.3) is 0 Å². The van der Waals surface area contributed by atoms with Crippen molar-refractivity contribution in [2.24, 2.45) is 0 Å². The molecule has 1 aromatic carbocycles. The lowest BCUT2D eigenvalue weighted by Crippen LogP contribution is -2.03. The van der Waals surface area contributed by atoms with E-state index < -0.39 is 0 Å². The Kier molecular flexibility index (Phi) is 2.33. The van der Waals surface area contributed by atoms with E-state index in [2.05, 4.69) is 20.8 Å². The Morgan fingerprint density at radius 3 is 3.00 bits per heavy atom. The number of benzene rings is 1. The number of aromatic nitrogens is 2. The number of carbonyl (C=O) groups is 1. The third-order valence-electron chi connectivity index (χ3n) is 3.20. The molecule has 0 aliphatic carbocycles. The van der Waals surface area contributed by atoms with Crippen LogP contribution >= 0.6 is 0 Å². The number of rotatable bonds is 2. The molecule has 0 saturated carbocycles. The Labute approximate surface area is 105 Å². The van der Waals surface area contributed by atoms with Crippen LogP contribution in [0.4, 0.5) is 11.4 Å². The van der Waals surface area contributed by atoms with Gasteiger partial charge in [0.2, 0.25) is 5.91 Å². The fourth-order valence-corrected chi connectivity index (χ4v) is 2.32. The van der Waals surface area contributed by atoms with Crippen molar-refractivity contribution in [3.8, 4) is 11.3 Å². The van der Waals surface area contributed by atoms with Gasteiger partial charge in [0.15, 0.2) is 0 Å². The molecule has 0 bridgehead atoms. The first kappa shape index (κ1) is 10.8. The summed E-state index contributed by atoms with van der Waals surface area (Å²) in [5.41, 5.74) is 5.83. The number of nitrogens with zero attached hydrogens (tertiary/aromatic N) is 1. The van der Waals surface area contributed by atoms with Crippen molar-refractivity contribution < 1.29 is 4.79 Å². The van der Waals surface area contributed by atoms with Gasteiger partial charge in [-0.25, -0.2) is 0 Å². The van der Waals surface area contributed by atoms with Crippen molar-refractivity contribution in [2.75, 3.05) is 17.7 Å². The van der Waals surface area contributed by atoms with Crippen LogP contribution in [0.15, 0.2) is 18.2 Å². The second-order valence-electron chi connectivity index (χ2n) is 4.42. The van der Waals surface area contributed by atoms with E-state index in [1.54, 1.807) is 0 Å². The molecule has 3 N–H and O–H groups in total. The predicted octanol–water partition coefficient (Wildman–Crippen LogP) is 1.92. The minimum Gasteiger partial charge on any atom is -0.385 e. The van der Waals surface area contributed by atoms with Gasteiger partial charge in [-0.15, -0.1) is 0 Å². The molecular weight excluding hydrogens is 228 g/mol. The molecule has 1 aliphatic rings. The van der Waals surface area contributed by atoms with Crippen molar-refractivity contribution in [3.63, 3.8) is 0 Å². The topological polar surface area (TPSA) is 69.8 Å². The lowest BCUT2D eigenvalue weighted by atomic mass is 10.0. The van der Waals surface area contributed by atoms with E-state index in [0.29, 0.717) is 6.42 Å². The molecule has 2 aromatic rings. The molecule has 5 nitrogen and oxygen atoms in total. The summed E-state index contributed by atoms with van der Waals surface area (Å²) in [6, 6.07) is 5.92. The molecule has 3 rings (SSSR count). The summed E-state index contributed by atoms with van der Waals surface area (Å²) >= 11 is 0. The summed E-state index contributed by atoms with van der Waals surface area (Å²) in [5, 5.41) is 13.2. The van der Waals surface area contributed by atoms with E-state index in [4.69, 9.17) is 0 Å². The normalized spacial score (nSPS) is 13.3. The Balaban J connectivity index is 2.08. The van der Waals surface area contributed by atoms with Gasteiger partial charge in [0.05, 0.1) is 17.8 Å². The minimum atomic E-state index is 0.0502. The third-order valence-corrected chi connectivity index (χ3v) is 3.20. The first-order valence-corrected chi connectivity index (χ1v) is 5.85. The van der Waals surface area contributed by atoms with Crippen molar-refractivity contribution in [2.45, 2.75) is 13.3 Å². The van der Waals surface area contributed by atoms with E-state index in [-0.39, 0.29) is 5.91 Å². The zero-order chi connectivity index (χ0) is 12.7. The van der Waals surface area contributed by atoms with Crippen LogP contribution < -0.4 is 10.6 Å². The molecular formula is C13H14N4O. The average molecular weight is 242 g/mol. The number of hydrogen-bond donors (Lipinski definition) is 3. The number of carbonyl (C=O) groups excluding carboxylic acids is 1.